The molecule has 1 saturated heterocycles. The number of carbonyl (C=O) groups excluding carboxylic acids is 1. The van der Waals surface area contributed by atoms with E-state index in [-0.39, 0.29) is 12.1 Å². The maximum Gasteiger partial charge on any atom is 0.327 e. The molecule has 0 aliphatic carbocycles. The lowest BCUT2D eigenvalue weighted by molar-refractivity contribution is 0.252. The van der Waals surface area contributed by atoms with Gasteiger partial charge in [-0.2, -0.15) is 0 Å². The summed E-state index contributed by atoms with van der Waals surface area (Å²) in [6, 6.07) is 14.9. The van der Waals surface area contributed by atoms with Gasteiger partial charge >= 0.3 is 6.03 Å². The van der Waals surface area contributed by atoms with E-state index >= 15 is 0 Å². The molecular formula is C16H12N4OS. The average molecular weight is 308 g/mol. The molecule has 108 valence electrons. The number of rotatable bonds is 2. The van der Waals surface area contributed by atoms with Gasteiger partial charge in [0.05, 0.1) is 17.4 Å². The molecule has 0 bridgehead atoms. The first-order chi connectivity index (χ1) is 10.7. The van der Waals surface area contributed by atoms with E-state index in [1.807, 2.05) is 48.5 Å². The van der Waals surface area contributed by atoms with Crippen molar-refractivity contribution in [3.05, 3.63) is 60.4 Å². The van der Waals surface area contributed by atoms with Gasteiger partial charge in [-0.3, -0.25) is 10.2 Å². The van der Waals surface area contributed by atoms with Gasteiger partial charge in [0, 0.05) is 5.69 Å². The van der Waals surface area contributed by atoms with E-state index < -0.39 is 0 Å². The molecule has 1 aromatic heterocycles. The average Bonchev–Trinajstić information content (AvgIpc) is 3.11. The van der Waals surface area contributed by atoms with Crippen molar-refractivity contribution < 1.29 is 4.79 Å². The fourth-order valence-corrected chi connectivity index (χ4v) is 3.07. The first-order valence-electron chi connectivity index (χ1n) is 6.86. The summed E-state index contributed by atoms with van der Waals surface area (Å²) >= 11 is 5.36. The van der Waals surface area contributed by atoms with Gasteiger partial charge in [0.15, 0.2) is 0 Å². The molecule has 1 unspecified atom stereocenters. The van der Waals surface area contributed by atoms with Crippen molar-refractivity contribution in [3.8, 4) is 0 Å². The number of nitrogens with zero attached hydrogens (tertiary/aromatic N) is 2. The lowest BCUT2D eigenvalue weighted by Gasteiger charge is -2.23. The molecule has 2 heterocycles. The monoisotopic (exact) mass is 308 g/mol. The van der Waals surface area contributed by atoms with E-state index in [1.165, 1.54) is 0 Å². The molecule has 1 aliphatic heterocycles. The van der Waals surface area contributed by atoms with Crippen molar-refractivity contribution in [2.75, 3.05) is 4.90 Å². The number of aromatic nitrogens is 2. The molecule has 2 amide bonds. The third kappa shape index (κ3) is 1.96. The minimum absolute atomic E-state index is 0.214. The molecule has 22 heavy (non-hydrogen) atoms. The Bertz CT molecular complexity index is 874. The van der Waals surface area contributed by atoms with E-state index in [4.69, 9.17) is 12.2 Å². The second kappa shape index (κ2) is 4.92. The van der Waals surface area contributed by atoms with Gasteiger partial charge in [-0.25, -0.2) is 9.78 Å². The highest BCUT2D eigenvalue weighted by Gasteiger charge is 2.37. The number of hydrogen-bond donors (Lipinski definition) is 2. The quantitative estimate of drug-likeness (QED) is 0.715. The van der Waals surface area contributed by atoms with Gasteiger partial charge in [0.25, 0.3) is 0 Å². The summed E-state index contributed by atoms with van der Waals surface area (Å²) in [6.07, 6.45) is 1.64. The number of imidazole rings is 1. The summed E-state index contributed by atoms with van der Waals surface area (Å²) in [5, 5.41) is 2.75. The minimum atomic E-state index is -0.292. The maximum absolute atomic E-state index is 12.3. The lowest BCUT2D eigenvalue weighted by Crippen LogP contribution is -2.29. The predicted molar refractivity (Wildman–Crippen MR) is 88.9 cm³/mol. The summed E-state index contributed by atoms with van der Waals surface area (Å²) in [6.45, 7) is 0. The van der Waals surface area contributed by atoms with E-state index in [1.54, 1.807) is 11.2 Å². The first-order valence-corrected chi connectivity index (χ1v) is 7.27. The third-order valence-electron chi connectivity index (χ3n) is 3.75. The van der Waals surface area contributed by atoms with Gasteiger partial charge in [0.1, 0.15) is 11.0 Å². The smallest absolute Gasteiger partial charge is 0.327 e. The highest BCUT2D eigenvalue weighted by molar-refractivity contribution is 7.80. The van der Waals surface area contributed by atoms with Crippen LogP contribution in [0.2, 0.25) is 0 Å². The van der Waals surface area contributed by atoms with E-state index in [9.17, 15) is 4.79 Å². The maximum atomic E-state index is 12.3. The van der Waals surface area contributed by atoms with Gasteiger partial charge in [-0.05, 0) is 23.8 Å². The minimum Gasteiger partial charge on any atom is -0.345 e. The third-order valence-corrected chi connectivity index (χ3v) is 4.08. The second-order valence-electron chi connectivity index (χ2n) is 5.08. The molecule has 0 spiro atoms. The highest BCUT2D eigenvalue weighted by atomic mass is 32.1. The Labute approximate surface area is 132 Å². The molecule has 0 radical (unpaired) electrons. The summed E-state index contributed by atoms with van der Waals surface area (Å²) in [7, 11) is 0. The standard InChI is InChI=1S/C16H12N4OS/c21-16-19-15(22)14(10-4-2-1-3-5-10)20(16)11-6-7-12-13(8-11)18-9-17-12/h1-9,14H,(H,17,18)(H,19,21,22). The Morgan fingerprint density at radius 3 is 2.77 bits per heavy atom. The number of fused-ring (bicyclic) bond motifs is 1. The molecule has 5 nitrogen and oxygen atoms in total. The van der Waals surface area contributed by atoms with Gasteiger partial charge in [-0.15, -0.1) is 0 Å². The molecule has 6 heteroatoms. The summed E-state index contributed by atoms with van der Waals surface area (Å²) < 4.78 is 0. The van der Waals surface area contributed by atoms with Gasteiger partial charge in [-0.1, -0.05) is 42.5 Å². The number of anilines is 1. The van der Waals surface area contributed by atoms with Crippen LogP contribution in [0.4, 0.5) is 10.5 Å². The van der Waals surface area contributed by atoms with Crippen molar-refractivity contribution in [2.24, 2.45) is 0 Å². The predicted octanol–water partition coefficient (Wildman–Crippen LogP) is 3.16. The van der Waals surface area contributed by atoms with Crippen LogP contribution < -0.4 is 10.2 Å². The molecule has 0 saturated carbocycles. The molecule has 2 N–H and O–H groups in total. The number of urea groups is 1. The van der Waals surface area contributed by atoms with Crippen LogP contribution in [0.1, 0.15) is 11.6 Å². The van der Waals surface area contributed by atoms with Crippen LogP contribution in [0.3, 0.4) is 0 Å². The number of amides is 2. The summed E-state index contributed by atoms with van der Waals surface area (Å²) in [5.74, 6) is 0. The molecule has 4 rings (SSSR count). The van der Waals surface area contributed by atoms with Crippen molar-refractivity contribution in [1.29, 1.82) is 0 Å². The number of nitrogens with one attached hydrogen (secondary N) is 2. The molecular weight excluding hydrogens is 296 g/mol. The summed E-state index contributed by atoms with van der Waals surface area (Å²) in [5.41, 5.74) is 3.50. The lowest BCUT2D eigenvalue weighted by atomic mass is 10.1. The fraction of sp³-hybridized carbons (Fsp3) is 0.0625. The molecule has 1 atom stereocenters. The van der Waals surface area contributed by atoms with Crippen LogP contribution >= 0.6 is 12.2 Å². The van der Waals surface area contributed by atoms with Crippen molar-refractivity contribution in [2.45, 2.75) is 6.04 Å². The number of carbonyl (C=O) groups is 1. The van der Waals surface area contributed by atoms with Crippen molar-refractivity contribution in [1.82, 2.24) is 15.3 Å². The number of hydrogen-bond acceptors (Lipinski definition) is 3. The number of thiocarbonyl (C=S) groups is 1. The Kier molecular flexibility index (Phi) is 2.90. The van der Waals surface area contributed by atoms with Crippen LogP contribution in [0, 0.1) is 0 Å². The van der Waals surface area contributed by atoms with Crippen LogP contribution in [0.25, 0.3) is 11.0 Å². The van der Waals surface area contributed by atoms with Crippen molar-refractivity contribution in [3.63, 3.8) is 0 Å². The molecule has 3 aromatic rings. The number of benzene rings is 2. The zero-order chi connectivity index (χ0) is 15.1. The van der Waals surface area contributed by atoms with E-state index in [0.717, 1.165) is 22.3 Å². The van der Waals surface area contributed by atoms with Crippen LogP contribution in [0.15, 0.2) is 54.9 Å². The Balaban J connectivity index is 1.83. The Morgan fingerprint density at radius 2 is 1.95 bits per heavy atom. The highest BCUT2D eigenvalue weighted by Crippen LogP contribution is 2.33. The normalized spacial score (nSPS) is 18.0. The number of aromatic amines is 1. The second-order valence-corrected chi connectivity index (χ2v) is 5.52. The molecule has 1 aliphatic rings. The van der Waals surface area contributed by atoms with Crippen LogP contribution in [-0.2, 0) is 0 Å². The number of H-pyrrole nitrogens is 1. The SMILES string of the molecule is O=C1NC(=S)C(c2ccccc2)N1c1ccc2[nH]cnc2c1. The van der Waals surface area contributed by atoms with Crippen LogP contribution in [0.5, 0.6) is 0 Å². The van der Waals surface area contributed by atoms with Gasteiger partial charge < -0.3 is 4.98 Å². The molecule has 1 fully saturated rings. The summed E-state index contributed by atoms with van der Waals surface area (Å²) in [4.78, 5) is 21.8. The fourth-order valence-electron chi connectivity index (χ4n) is 2.74. The zero-order valence-corrected chi connectivity index (χ0v) is 12.3. The van der Waals surface area contributed by atoms with E-state index in [2.05, 4.69) is 15.3 Å². The van der Waals surface area contributed by atoms with Gasteiger partial charge in [0.2, 0.25) is 0 Å². The topological polar surface area (TPSA) is 61.0 Å². The molecule has 2 aromatic carbocycles. The Hall–Kier alpha value is -2.73. The van der Waals surface area contributed by atoms with Crippen LogP contribution in [-0.4, -0.2) is 21.0 Å². The zero-order valence-electron chi connectivity index (χ0n) is 11.5. The largest absolute Gasteiger partial charge is 0.345 e. The van der Waals surface area contributed by atoms with E-state index in [0.29, 0.717) is 4.99 Å². The Morgan fingerprint density at radius 1 is 1.14 bits per heavy atom. The first kappa shape index (κ1) is 13.0. The van der Waals surface area contributed by atoms with Crippen molar-refractivity contribution >= 4 is 40.0 Å².